The fourth-order valence-corrected chi connectivity index (χ4v) is 4.06. The molecule has 12 heteroatoms. The molecular formula is C31H29NO11. The normalized spacial score (nSPS) is 13.1. The van der Waals surface area contributed by atoms with E-state index in [0.29, 0.717) is 28.4 Å². The topological polar surface area (TPSA) is 137 Å². The molecule has 3 aromatic carbocycles. The molecule has 1 aliphatic rings. The number of cyclic esters (lactones) is 1. The van der Waals surface area contributed by atoms with Gasteiger partial charge < -0.3 is 37.9 Å². The van der Waals surface area contributed by atoms with Gasteiger partial charge in [-0.25, -0.2) is 14.6 Å². The van der Waals surface area contributed by atoms with Gasteiger partial charge in [-0.05, 0) is 61.0 Å². The van der Waals surface area contributed by atoms with Gasteiger partial charge in [0.2, 0.25) is 11.6 Å². The molecule has 0 aromatic heterocycles. The van der Waals surface area contributed by atoms with E-state index in [-0.39, 0.29) is 46.8 Å². The Hall–Kier alpha value is -5.52. The molecule has 0 atom stereocenters. The minimum Gasteiger partial charge on any atom is -0.493 e. The molecule has 12 nitrogen and oxygen atoms in total. The zero-order valence-electron chi connectivity index (χ0n) is 24.3. The maximum Gasteiger partial charge on any atom is 0.363 e. The molecule has 0 radical (unpaired) electrons. The van der Waals surface area contributed by atoms with Gasteiger partial charge in [0.05, 0.1) is 40.6 Å². The molecule has 224 valence electrons. The first-order valence-corrected chi connectivity index (χ1v) is 12.9. The van der Waals surface area contributed by atoms with E-state index in [4.69, 9.17) is 37.9 Å². The predicted molar refractivity (Wildman–Crippen MR) is 154 cm³/mol. The van der Waals surface area contributed by atoms with Crippen molar-refractivity contribution in [2.24, 2.45) is 4.99 Å². The van der Waals surface area contributed by atoms with Crippen LogP contribution in [0.3, 0.4) is 0 Å². The number of aliphatic imine (C=N–C) groups is 1. The van der Waals surface area contributed by atoms with Gasteiger partial charge in [0.15, 0.2) is 40.2 Å². The van der Waals surface area contributed by atoms with Crippen LogP contribution in [-0.4, -0.2) is 58.9 Å². The molecule has 0 saturated heterocycles. The molecule has 3 aromatic rings. The highest BCUT2D eigenvalue weighted by Crippen LogP contribution is 2.39. The van der Waals surface area contributed by atoms with Gasteiger partial charge in [0.25, 0.3) is 0 Å². The molecule has 0 N–H and O–H groups in total. The molecular weight excluding hydrogens is 562 g/mol. The lowest BCUT2D eigenvalue weighted by Crippen LogP contribution is -2.11. The number of carbonyl (C=O) groups excluding carboxylic acids is 3. The molecule has 4 rings (SSSR count). The van der Waals surface area contributed by atoms with Crippen molar-refractivity contribution in [2.75, 3.05) is 35.0 Å². The van der Waals surface area contributed by atoms with E-state index in [0.717, 1.165) is 0 Å². The smallest absolute Gasteiger partial charge is 0.363 e. The Morgan fingerprint density at radius 1 is 0.791 bits per heavy atom. The summed E-state index contributed by atoms with van der Waals surface area (Å²) in [6.07, 6.45) is 1.51. The van der Waals surface area contributed by atoms with Crippen LogP contribution in [0, 0.1) is 0 Å². The highest BCUT2D eigenvalue weighted by molar-refractivity contribution is 6.13. The molecule has 0 aliphatic carbocycles. The molecule has 1 aliphatic heterocycles. The van der Waals surface area contributed by atoms with Crippen molar-refractivity contribution in [2.45, 2.75) is 13.8 Å². The second kappa shape index (κ2) is 13.4. The summed E-state index contributed by atoms with van der Waals surface area (Å²) in [5.74, 6) is 0.00755. The summed E-state index contributed by atoms with van der Waals surface area (Å²) in [7, 11) is 5.76. The molecule has 0 saturated carbocycles. The average molecular weight is 592 g/mol. The van der Waals surface area contributed by atoms with Gasteiger partial charge in [-0.1, -0.05) is 6.07 Å². The number of ether oxygens (including phenoxy) is 8. The fraction of sp³-hybridized carbons (Fsp3) is 0.226. The number of hydrogen-bond donors (Lipinski definition) is 0. The number of carbonyl (C=O) groups is 3. The van der Waals surface area contributed by atoms with Crippen LogP contribution in [0.25, 0.3) is 6.08 Å². The zero-order valence-corrected chi connectivity index (χ0v) is 24.3. The molecule has 0 spiro atoms. The Kier molecular flexibility index (Phi) is 9.51. The van der Waals surface area contributed by atoms with Crippen molar-refractivity contribution < 1.29 is 52.3 Å². The third-order valence-corrected chi connectivity index (χ3v) is 5.96. The second-order valence-electron chi connectivity index (χ2n) is 8.74. The van der Waals surface area contributed by atoms with Crippen molar-refractivity contribution in [3.05, 3.63) is 70.9 Å². The summed E-state index contributed by atoms with van der Waals surface area (Å²) < 4.78 is 43.0. The third-order valence-electron chi connectivity index (χ3n) is 5.96. The Labute approximate surface area is 247 Å². The van der Waals surface area contributed by atoms with Crippen LogP contribution in [0.2, 0.25) is 0 Å². The van der Waals surface area contributed by atoms with E-state index < -0.39 is 17.9 Å². The first kappa shape index (κ1) is 30.4. The van der Waals surface area contributed by atoms with Crippen molar-refractivity contribution in [1.82, 2.24) is 0 Å². The molecule has 0 amide bonds. The first-order valence-electron chi connectivity index (χ1n) is 12.9. The summed E-state index contributed by atoms with van der Waals surface area (Å²) >= 11 is 0. The first-order chi connectivity index (χ1) is 20.7. The van der Waals surface area contributed by atoms with E-state index in [1.54, 1.807) is 25.1 Å². The van der Waals surface area contributed by atoms with Crippen LogP contribution in [0.15, 0.2) is 59.2 Å². The van der Waals surface area contributed by atoms with Crippen molar-refractivity contribution in [1.29, 1.82) is 0 Å². The van der Waals surface area contributed by atoms with Gasteiger partial charge in [-0.15, -0.1) is 0 Å². The van der Waals surface area contributed by atoms with Crippen molar-refractivity contribution >= 4 is 29.9 Å². The molecule has 0 fully saturated rings. The SMILES string of the molecule is CCOc1cc(/C=C2\N=C(c3ccc(OC(C)=O)c(OC)c3)OC2=O)ccc1OC(=O)c1cc(OC)c(OC)c(OC)c1. The maximum absolute atomic E-state index is 13.0. The van der Waals surface area contributed by atoms with Gasteiger partial charge in [-0.2, -0.15) is 0 Å². The van der Waals surface area contributed by atoms with Crippen molar-refractivity contribution in [3.8, 4) is 40.2 Å². The van der Waals surface area contributed by atoms with E-state index in [9.17, 15) is 14.4 Å². The molecule has 1 heterocycles. The van der Waals surface area contributed by atoms with Gasteiger partial charge >= 0.3 is 17.9 Å². The summed E-state index contributed by atoms with van der Waals surface area (Å²) in [5.41, 5.74) is 1.17. The molecule has 0 bridgehead atoms. The Morgan fingerprint density at radius 2 is 1.44 bits per heavy atom. The van der Waals surface area contributed by atoms with Crippen LogP contribution in [-0.2, 0) is 14.3 Å². The number of hydrogen-bond acceptors (Lipinski definition) is 12. The van der Waals surface area contributed by atoms with E-state index >= 15 is 0 Å². The van der Waals surface area contributed by atoms with E-state index in [2.05, 4.69) is 4.99 Å². The largest absolute Gasteiger partial charge is 0.493 e. The highest BCUT2D eigenvalue weighted by Gasteiger charge is 2.26. The zero-order chi connectivity index (χ0) is 31.1. The van der Waals surface area contributed by atoms with Crippen LogP contribution in [0.1, 0.15) is 35.3 Å². The van der Waals surface area contributed by atoms with Gasteiger partial charge in [0, 0.05) is 12.5 Å². The monoisotopic (exact) mass is 591 g/mol. The van der Waals surface area contributed by atoms with Crippen LogP contribution in [0.4, 0.5) is 0 Å². The molecule has 0 unspecified atom stereocenters. The average Bonchev–Trinajstić information content (AvgIpc) is 3.37. The minimum absolute atomic E-state index is 0.0302. The quantitative estimate of drug-likeness (QED) is 0.176. The lowest BCUT2D eigenvalue weighted by molar-refractivity contribution is -0.132. The van der Waals surface area contributed by atoms with Crippen LogP contribution >= 0.6 is 0 Å². The molecule has 43 heavy (non-hydrogen) atoms. The summed E-state index contributed by atoms with van der Waals surface area (Å²) in [6.45, 7) is 3.34. The lowest BCUT2D eigenvalue weighted by atomic mass is 10.1. The summed E-state index contributed by atoms with van der Waals surface area (Å²) in [4.78, 5) is 41.3. The number of rotatable bonds is 11. The standard InChI is InChI=1S/C31H29NO11/c1-7-40-25-13-18(8-10-23(25)42-30(34)20-15-26(37-4)28(39-6)27(16-20)38-5)12-21-31(35)43-29(32-21)19-9-11-22(41-17(2)33)24(14-19)36-3/h8-16H,7H2,1-6H3/b21-12-. The van der Waals surface area contributed by atoms with Crippen LogP contribution < -0.4 is 33.2 Å². The Balaban J connectivity index is 1.60. The van der Waals surface area contributed by atoms with Gasteiger partial charge in [-0.3, -0.25) is 4.79 Å². The van der Waals surface area contributed by atoms with Crippen molar-refractivity contribution in [3.63, 3.8) is 0 Å². The minimum atomic E-state index is -0.685. The number of nitrogens with zero attached hydrogens (tertiary/aromatic N) is 1. The van der Waals surface area contributed by atoms with E-state index in [1.807, 2.05) is 0 Å². The number of benzene rings is 3. The lowest BCUT2D eigenvalue weighted by Gasteiger charge is -2.15. The second-order valence-corrected chi connectivity index (χ2v) is 8.74. The summed E-state index contributed by atoms with van der Waals surface area (Å²) in [6, 6.07) is 12.4. The predicted octanol–water partition coefficient (Wildman–Crippen LogP) is 4.61. The highest BCUT2D eigenvalue weighted by atomic mass is 16.6. The third kappa shape index (κ3) is 6.87. The van der Waals surface area contributed by atoms with Crippen LogP contribution in [0.5, 0.6) is 40.2 Å². The van der Waals surface area contributed by atoms with Gasteiger partial charge in [0.1, 0.15) is 0 Å². The summed E-state index contributed by atoms with van der Waals surface area (Å²) in [5, 5.41) is 0. The Morgan fingerprint density at radius 3 is 2.05 bits per heavy atom. The van der Waals surface area contributed by atoms with E-state index in [1.165, 1.54) is 71.8 Å². The number of methoxy groups -OCH3 is 4. The number of esters is 3. The Bertz CT molecular complexity index is 1600. The maximum atomic E-state index is 13.0. The fourth-order valence-electron chi connectivity index (χ4n) is 4.06.